The van der Waals surface area contributed by atoms with Gasteiger partial charge in [0.2, 0.25) is 15.9 Å². The van der Waals surface area contributed by atoms with Crippen molar-refractivity contribution in [2.45, 2.75) is 30.2 Å². The molecule has 2 aliphatic rings. The van der Waals surface area contributed by atoms with E-state index in [2.05, 4.69) is 10.6 Å². The number of nitrogens with zero attached hydrogens (tertiary/aromatic N) is 2. The number of rotatable bonds is 6. The molecule has 1 aromatic carbocycles. The molecule has 0 aliphatic carbocycles. The fraction of sp³-hybridized carbons (Fsp3) is 0.471. The number of nitrogens with one attached hydrogen (secondary N) is 2. The summed E-state index contributed by atoms with van der Waals surface area (Å²) in [6.45, 7) is 2.25. The molecule has 27 heavy (non-hydrogen) atoms. The van der Waals surface area contributed by atoms with Crippen LogP contribution >= 0.6 is 0 Å². The van der Waals surface area contributed by atoms with Crippen LogP contribution in [0.3, 0.4) is 0 Å². The largest absolute Gasteiger partial charge is 0.351 e. The van der Waals surface area contributed by atoms with Crippen LogP contribution in [0.1, 0.15) is 19.3 Å². The van der Waals surface area contributed by atoms with E-state index in [4.69, 9.17) is 0 Å². The number of nitro groups is 1. The molecule has 1 atom stereocenters. The minimum absolute atomic E-state index is 0.169. The zero-order chi connectivity index (χ0) is 19.4. The minimum Gasteiger partial charge on any atom is -0.351 e. The van der Waals surface area contributed by atoms with Crippen LogP contribution in [-0.4, -0.2) is 55.8 Å². The van der Waals surface area contributed by atoms with Crippen molar-refractivity contribution in [1.29, 1.82) is 0 Å². The maximum absolute atomic E-state index is 12.9. The van der Waals surface area contributed by atoms with Crippen molar-refractivity contribution in [2.24, 2.45) is 0 Å². The van der Waals surface area contributed by atoms with Gasteiger partial charge < -0.3 is 10.6 Å². The van der Waals surface area contributed by atoms with E-state index < -0.39 is 21.0 Å². The van der Waals surface area contributed by atoms with E-state index in [1.54, 1.807) is 0 Å². The molecule has 0 saturated carbocycles. The van der Waals surface area contributed by atoms with Crippen molar-refractivity contribution in [3.05, 3.63) is 46.0 Å². The van der Waals surface area contributed by atoms with Crippen molar-refractivity contribution < 1.29 is 18.1 Å². The Labute approximate surface area is 157 Å². The van der Waals surface area contributed by atoms with Crippen LogP contribution in [0.4, 0.5) is 5.69 Å². The zero-order valence-corrected chi connectivity index (χ0v) is 15.6. The first kappa shape index (κ1) is 19.5. The van der Waals surface area contributed by atoms with Crippen molar-refractivity contribution in [1.82, 2.24) is 14.9 Å². The molecule has 1 fully saturated rings. The highest BCUT2D eigenvalue weighted by Gasteiger charge is 2.39. The molecule has 0 bridgehead atoms. The first-order valence-corrected chi connectivity index (χ1v) is 10.3. The summed E-state index contributed by atoms with van der Waals surface area (Å²) in [5, 5.41) is 17.0. The number of sulfonamides is 1. The number of carbonyl (C=O) groups is 1. The third-order valence-electron chi connectivity index (χ3n) is 4.79. The van der Waals surface area contributed by atoms with Gasteiger partial charge in [-0.25, -0.2) is 8.42 Å². The average Bonchev–Trinajstić information content (AvgIpc) is 3.18. The molecule has 0 spiro atoms. The lowest BCUT2D eigenvalue weighted by Gasteiger charge is -2.24. The van der Waals surface area contributed by atoms with Gasteiger partial charge in [-0.1, -0.05) is 17.7 Å². The topological polar surface area (TPSA) is 122 Å². The monoisotopic (exact) mass is 394 g/mol. The van der Waals surface area contributed by atoms with Crippen LogP contribution in [0.5, 0.6) is 0 Å². The standard InChI is InChI=1S/C17H22N4O5S/c22-17(19-12-13-6-8-18-9-7-13)16-5-2-10-20(16)27(25,26)15-4-1-3-14(11-15)21(23)24/h1,3-4,6,11,16,18H,2,5,7-10,12H2,(H,19,22). The van der Waals surface area contributed by atoms with E-state index in [0.29, 0.717) is 19.4 Å². The Morgan fingerprint density at radius 3 is 2.93 bits per heavy atom. The summed E-state index contributed by atoms with van der Waals surface area (Å²) in [4.78, 5) is 22.7. The van der Waals surface area contributed by atoms with E-state index >= 15 is 0 Å². The van der Waals surface area contributed by atoms with Gasteiger partial charge in [0, 0.05) is 31.8 Å². The Balaban J connectivity index is 1.74. The highest BCUT2D eigenvalue weighted by molar-refractivity contribution is 7.89. The number of hydrogen-bond donors (Lipinski definition) is 2. The minimum atomic E-state index is -3.99. The van der Waals surface area contributed by atoms with Gasteiger partial charge in [0.15, 0.2) is 0 Å². The highest BCUT2D eigenvalue weighted by Crippen LogP contribution is 2.28. The van der Waals surface area contributed by atoms with E-state index in [1.807, 2.05) is 6.08 Å². The summed E-state index contributed by atoms with van der Waals surface area (Å²) < 4.78 is 27.0. The lowest BCUT2D eigenvalue weighted by molar-refractivity contribution is -0.385. The lowest BCUT2D eigenvalue weighted by atomic mass is 10.1. The molecular formula is C17H22N4O5S. The second-order valence-electron chi connectivity index (χ2n) is 6.56. The lowest BCUT2D eigenvalue weighted by Crippen LogP contribution is -2.46. The van der Waals surface area contributed by atoms with Gasteiger partial charge in [-0.15, -0.1) is 0 Å². The quantitative estimate of drug-likeness (QED) is 0.418. The van der Waals surface area contributed by atoms with Crippen LogP contribution in [0.25, 0.3) is 0 Å². The highest BCUT2D eigenvalue weighted by atomic mass is 32.2. The first-order valence-electron chi connectivity index (χ1n) is 8.82. The molecular weight excluding hydrogens is 372 g/mol. The van der Waals surface area contributed by atoms with Crippen LogP contribution in [-0.2, 0) is 14.8 Å². The molecule has 2 N–H and O–H groups in total. The Bertz CT molecular complexity index is 868. The predicted molar refractivity (Wildman–Crippen MR) is 98.6 cm³/mol. The fourth-order valence-corrected chi connectivity index (χ4v) is 5.03. The number of non-ortho nitro benzene ring substituents is 1. The number of benzene rings is 1. The van der Waals surface area contributed by atoms with Gasteiger partial charge in [-0.3, -0.25) is 14.9 Å². The zero-order valence-electron chi connectivity index (χ0n) is 14.8. The van der Waals surface area contributed by atoms with Crippen LogP contribution < -0.4 is 10.6 Å². The third-order valence-corrected chi connectivity index (χ3v) is 6.69. The molecule has 0 radical (unpaired) electrons. The van der Waals surface area contributed by atoms with Crippen LogP contribution in [0.15, 0.2) is 40.8 Å². The summed E-state index contributed by atoms with van der Waals surface area (Å²) in [7, 11) is -3.99. The Morgan fingerprint density at radius 1 is 1.41 bits per heavy atom. The third kappa shape index (κ3) is 4.34. The van der Waals surface area contributed by atoms with Gasteiger partial charge in [-0.2, -0.15) is 4.31 Å². The first-order chi connectivity index (χ1) is 12.9. The number of nitro benzene ring substituents is 1. The van der Waals surface area contributed by atoms with Crippen molar-refractivity contribution >= 4 is 21.6 Å². The molecule has 0 aromatic heterocycles. The summed E-state index contributed by atoms with van der Waals surface area (Å²) in [5.41, 5.74) is 0.822. The smallest absolute Gasteiger partial charge is 0.270 e. The molecule has 146 valence electrons. The number of carbonyl (C=O) groups excluding carboxylic acids is 1. The summed E-state index contributed by atoms with van der Waals surface area (Å²) in [6, 6.07) is 4.12. The predicted octanol–water partition coefficient (Wildman–Crippen LogP) is 0.784. The Kier molecular flexibility index (Phi) is 5.88. The van der Waals surface area contributed by atoms with Gasteiger partial charge in [0.1, 0.15) is 6.04 Å². The van der Waals surface area contributed by atoms with Crippen molar-refractivity contribution in [2.75, 3.05) is 26.2 Å². The van der Waals surface area contributed by atoms with E-state index in [-0.39, 0.29) is 23.0 Å². The summed E-state index contributed by atoms with van der Waals surface area (Å²) in [5.74, 6) is -0.332. The number of amides is 1. The maximum atomic E-state index is 12.9. The van der Waals surface area contributed by atoms with Crippen molar-refractivity contribution in [3.8, 4) is 0 Å². The second-order valence-corrected chi connectivity index (χ2v) is 8.45. The van der Waals surface area contributed by atoms with Gasteiger partial charge in [-0.05, 0) is 31.9 Å². The van der Waals surface area contributed by atoms with Crippen LogP contribution in [0.2, 0.25) is 0 Å². The summed E-state index contributed by atoms with van der Waals surface area (Å²) >= 11 is 0. The van der Waals surface area contributed by atoms with Crippen molar-refractivity contribution in [3.63, 3.8) is 0 Å². The second kappa shape index (κ2) is 8.15. The molecule has 2 aliphatic heterocycles. The molecule has 1 saturated heterocycles. The van der Waals surface area contributed by atoms with E-state index in [9.17, 15) is 23.3 Å². The average molecular weight is 394 g/mol. The van der Waals surface area contributed by atoms with Gasteiger partial charge in [0.05, 0.1) is 9.82 Å². The maximum Gasteiger partial charge on any atom is 0.270 e. The molecule has 3 rings (SSSR count). The molecule has 9 nitrogen and oxygen atoms in total. The Morgan fingerprint density at radius 2 is 2.22 bits per heavy atom. The Hall–Kier alpha value is -2.30. The SMILES string of the molecule is O=C(NCC1=CCNCC1)C1CCCN1S(=O)(=O)c1cccc([N+](=O)[O-])c1. The van der Waals surface area contributed by atoms with Gasteiger partial charge in [0.25, 0.3) is 5.69 Å². The fourth-order valence-electron chi connectivity index (χ4n) is 3.33. The molecule has 2 heterocycles. The van der Waals surface area contributed by atoms with E-state index in [1.165, 1.54) is 18.2 Å². The normalized spacial score (nSPS) is 20.9. The number of hydrogen-bond acceptors (Lipinski definition) is 6. The van der Waals surface area contributed by atoms with Gasteiger partial charge >= 0.3 is 0 Å². The molecule has 1 unspecified atom stereocenters. The molecule has 1 amide bonds. The molecule has 10 heteroatoms. The summed E-state index contributed by atoms with van der Waals surface area (Å²) in [6.07, 6.45) is 3.87. The molecule has 1 aromatic rings. The van der Waals surface area contributed by atoms with E-state index in [0.717, 1.165) is 35.5 Å². The van der Waals surface area contributed by atoms with Crippen LogP contribution in [0, 0.1) is 10.1 Å².